The van der Waals surface area contributed by atoms with Crippen molar-refractivity contribution < 1.29 is 4.39 Å². The lowest BCUT2D eigenvalue weighted by Crippen LogP contribution is -2.11. The van der Waals surface area contributed by atoms with E-state index in [9.17, 15) is 4.39 Å². The summed E-state index contributed by atoms with van der Waals surface area (Å²) in [6.45, 7) is 3.64. The number of rotatable bonds is 3. The number of fused-ring (bicyclic) bond motifs is 1. The van der Waals surface area contributed by atoms with Gasteiger partial charge in [0.1, 0.15) is 11.6 Å². The van der Waals surface area contributed by atoms with E-state index in [1.165, 1.54) is 6.07 Å². The Morgan fingerprint density at radius 3 is 2.81 bits per heavy atom. The maximum absolute atomic E-state index is 13.9. The number of hydrogen-bond donors (Lipinski definition) is 1. The van der Waals surface area contributed by atoms with E-state index in [2.05, 4.69) is 20.6 Å². The lowest BCUT2D eigenvalue weighted by molar-refractivity contribution is 0.600. The third kappa shape index (κ3) is 2.54. The second kappa shape index (κ2) is 5.29. The molecule has 0 aliphatic rings. The first-order chi connectivity index (χ1) is 10.1. The molecular weight excluding hydrogens is 293 g/mol. The zero-order chi connectivity index (χ0) is 15.0. The summed E-state index contributed by atoms with van der Waals surface area (Å²) in [5, 5.41) is 15.8. The number of hydrogen-bond acceptors (Lipinski definition) is 4. The van der Waals surface area contributed by atoms with Crippen molar-refractivity contribution in [1.82, 2.24) is 19.8 Å². The van der Waals surface area contributed by atoms with Crippen LogP contribution in [0.3, 0.4) is 0 Å². The molecule has 0 fully saturated rings. The highest BCUT2D eigenvalue weighted by atomic mass is 35.5. The van der Waals surface area contributed by atoms with E-state index in [1.54, 1.807) is 28.8 Å². The Morgan fingerprint density at radius 1 is 1.24 bits per heavy atom. The fourth-order valence-electron chi connectivity index (χ4n) is 2.19. The standard InChI is InChI=1S/C14H13ClFN5/c1-8(14-10(15)4-3-5-11(14)16)17-12-6-7-13-19-18-9(2)21(13)20-12/h3-8H,1-2H3,(H,17,20)/t8-/m1/s1. The Morgan fingerprint density at radius 2 is 2.05 bits per heavy atom. The van der Waals surface area contributed by atoms with Gasteiger partial charge in [-0.15, -0.1) is 15.3 Å². The first-order valence-electron chi connectivity index (χ1n) is 6.46. The number of anilines is 1. The molecule has 7 heteroatoms. The predicted molar refractivity (Wildman–Crippen MR) is 79.0 cm³/mol. The average Bonchev–Trinajstić information content (AvgIpc) is 2.80. The number of halogens is 2. The molecule has 0 saturated heterocycles. The van der Waals surface area contributed by atoms with Crippen molar-refractivity contribution in [3.05, 3.63) is 52.6 Å². The molecule has 108 valence electrons. The minimum Gasteiger partial charge on any atom is -0.362 e. The molecule has 1 aromatic carbocycles. The highest BCUT2D eigenvalue weighted by Gasteiger charge is 2.15. The molecule has 1 N–H and O–H groups in total. The first-order valence-corrected chi connectivity index (χ1v) is 6.83. The van der Waals surface area contributed by atoms with Crippen molar-refractivity contribution in [2.45, 2.75) is 19.9 Å². The Kier molecular flexibility index (Phi) is 3.47. The molecule has 3 aromatic rings. The van der Waals surface area contributed by atoms with E-state index < -0.39 is 0 Å². The third-order valence-corrected chi connectivity index (χ3v) is 3.55. The maximum atomic E-state index is 13.9. The Balaban J connectivity index is 1.92. The number of nitrogens with zero attached hydrogens (tertiary/aromatic N) is 4. The number of aryl methyl sites for hydroxylation is 1. The molecule has 0 radical (unpaired) electrons. The summed E-state index contributed by atoms with van der Waals surface area (Å²) in [6, 6.07) is 7.89. The fraction of sp³-hybridized carbons (Fsp3) is 0.214. The molecule has 2 heterocycles. The van der Waals surface area contributed by atoms with Crippen LogP contribution < -0.4 is 5.32 Å². The molecule has 3 rings (SSSR count). The molecule has 0 amide bonds. The predicted octanol–water partition coefficient (Wildman–Crippen LogP) is 3.40. The summed E-state index contributed by atoms with van der Waals surface area (Å²) in [5.41, 5.74) is 1.08. The van der Waals surface area contributed by atoms with Gasteiger partial charge in [-0.25, -0.2) is 4.39 Å². The molecular formula is C14H13ClFN5. The van der Waals surface area contributed by atoms with Crippen LogP contribution in [0.2, 0.25) is 5.02 Å². The summed E-state index contributed by atoms with van der Waals surface area (Å²) in [7, 11) is 0. The van der Waals surface area contributed by atoms with E-state index in [1.807, 2.05) is 13.8 Å². The van der Waals surface area contributed by atoms with E-state index >= 15 is 0 Å². The van der Waals surface area contributed by atoms with Gasteiger partial charge in [-0.3, -0.25) is 0 Å². The maximum Gasteiger partial charge on any atom is 0.178 e. The van der Waals surface area contributed by atoms with Gasteiger partial charge in [0.2, 0.25) is 0 Å². The molecule has 1 atom stereocenters. The topological polar surface area (TPSA) is 55.1 Å². The van der Waals surface area contributed by atoms with Gasteiger partial charge in [-0.05, 0) is 38.1 Å². The number of aromatic nitrogens is 4. The van der Waals surface area contributed by atoms with E-state index in [0.717, 1.165) is 0 Å². The summed E-state index contributed by atoms with van der Waals surface area (Å²) in [6.07, 6.45) is 0. The largest absolute Gasteiger partial charge is 0.362 e. The van der Waals surface area contributed by atoms with Gasteiger partial charge in [0.15, 0.2) is 11.5 Å². The zero-order valence-corrected chi connectivity index (χ0v) is 12.3. The van der Waals surface area contributed by atoms with Crippen molar-refractivity contribution in [1.29, 1.82) is 0 Å². The SMILES string of the molecule is Cc1nnc2ccc(N[C@H](C)c3c(F)cccc3Cl)nn12. The normalized spacial score (nSPS) is 12.6. The minimum absolute atomic E-state index is 0.319. The van der Waals surface area contributed by atoms with Crippen LogP contribution >= 0.6 is 11.6 Å². The molecule has 0 bridgehead atoms. The second-order valence-electron chi connectivity index (χ2n) is 4.74. The van der Waals surface area contributed by atoms with Crippen LogP contribution in [0.25, 0.3) is 5.65 Å². The van der Waals surface area contributed by atoms with Crippen LogP contribution in [0, 0.1) is 12.7 Å². The fourth-order valence-corrected chi connectivity index (χ4v) is 2.52. The number of nitrogens with one attached hydrogen (secondary N) is 1. The van der Waals surface area contributed by atoms with Crippen LogP contribution in [-0.2, 0) is 0 Å². The monoisotopic (exact) mass is 305 g/mol. The van der Waals surface area contributed by atoms with Crippen molar-refractivity contribution in [3.8, 4) is 0 Å². The van der Waals surface area contributed by atoms with E-state index in [-0.39, 0.29) is 11.9 Å². The number of benzene rings is 1. The summed E-state index contributed by atoms with van der Waals surface area (Å²) >= 11 is 6.07. The van der Waals surface area contributed by atoms with Gasteiger partial charge >= 0.3 is 0 Å². The molecule has 2 aromatic heterocycles. The average molecular weight is 306 g/mol. The van der Waals surface area contributed by atoms with E-state index in [0.29, 0.717) is 27.9 Å². The van der Waals surface area contributed by atoms with Crippen LogP contribution in [0.4, 0.5) is 10.2 Å². The molecule has 0 aliphatic heterocycles. The highest BCUT2D eigenvalue weighted by Crippen LogP contribution is 2.27. The van der Waals surface area contributed by atoms with Crippen LogP contribution in [0.15, 0.2) is 30.3 Å². The van der Waals surface area contributed by atoms with Crippen LogP contribution in [0.1, 0.15) is 24.4 Å². The Hall–Kier alpha value is -2.21. The zero-order valence-electron chi connectivity index (χ0n) is 11.5. The third-order valence-electron chi connectivity index (χ3n) is 3.22. The summed E-state index contributed by atoms with van der Waals surface area (Å²) < 4.78 is 15.5. The molecule has 5 nitrogen and oxygen atoms in total. The lowest BCUT2D eigenvalue weighted by Gasteiger charge is -2.17. The van der Waals surface area contributed by atoms with Crippen molar-refractivity contribution in [2.24, 2.45) is 0 Å². The van der Waals surface area contributed by atoms with Gasteiger partial charge in [0, 0.05) is 10.6 Å². The molecule has 0 spiro atoms. The van der Waals surface area contributed by atoms with Gasteiger partial charge in [-0.1, -0.05) is 17.7 Å². The van der Waals surface area contributed by atoms with Crippen LogP contribution in [0.5, 0.6) is 0 Å². The summed E-state index contributed by atoms with van der Waals surface area (Å²) in [5.74, 6) is 0.937. The Labute approximate surface area is 125 Å². The molecule has 0 unspecified atom stereocenters. The highest BCUT2D eigenvalue weighted by molar-refractivity contribution is 6.31. The smallest absolute Gasteiger partial charge is 0.178 e. The van der Waals surface area contributed by atoms with Crippen molar-refractivity contribution >= 4 is 23.1 Å². The van der Waals surface area contributed by atoms with Gasteiger partial charge in [-0.2, -0.15) is 4.52 Å². The minimum atomic E-state index is -0.343. The quantitative estimate of drug-likeness (QED) is 0.806. The van der Waals surface area contributed by atoms with Crippen molar-refractivity contribution in [2.75, 3.05) is 5.32 Å². The molecule has 0 aliphatic carbocycles. The second-order valence-corrected chi connectivity index (χ2v) is 5.14. The first kappa shape index (κ1) is 13.8. The molecule has 0 saturated carbocycles. The van der Waals surface area contributed by atoms with Crippen LogP contribution in [-0.4, -0.2) is 19.8 Å². The van der Waals surface area contributed by atoms with Gasteiger partial charge in [0.05, 0.1) is 6.04 Å². The van der Waals surface area contributed by atoms with Crippen molar-refractivity contribution in [3.63, 3.8) is 0 Å². The van der Waals surface area contributed by atoms with E-state index in [4.69, 9.17) is 11.6 Å². The molecule has 21 heavy (non-hydrogen) atoms. The summed E-state index contributed by atoms with van der Waals surface area (Å²) in [4.78, 5) is 0. The van der Waals surface area contributed by atoms with Gasteiger partial charge in [0.25, 0.3) is 0 Å². The Bertz CT molecular complexity index is 781. The van der Waals surface area contributed by atoms with Gasteiger partial charge < -0.3 is 5.32 Å². The lowest BCUT2D eigenvalue weighted by atomic mass is 10.1.